The Labute approximate surface area is 187 Å². The van der Waals surface area contributed by atoms with Crippen LogP contribution < -0.4 is 5.32 Å². The lowest BCUT2D eigenvalue weighted by Crippen LogP contribution is -2.42. The molecule has 1 N–H and O–H groups in total. The smallest absolute Gasteiger partial charge is 0.311 e. The van der Waals surface area contributed by atoms with Crippen molar-refractivity contribution in [2.24, 2.45) is 5.92 Å². The first-order valence-corrected chi connectivity index (χ1v) is 12.2. The van der Waals surface area contributed by atoms with Crippen LogP contribution in [0.15, 0.2) is 29.2 Å². The Bertz CT molecular complexity index is 944. The highest BCUT2D eigenvalue weighted by Gasteiger charge is 2.29. The van der Waals surface area contributed by atoms with Crippen molar-refractivity contribution in [2.75, 3.05) is 51.3 Å². The van der Waals surface area contributed by atoms with Crippen LogP contribution in [-0.4, -0.2) is 81.4 Å². The first-order chi connectivity index (χ1) is 15.3. The number of nitrogens with one attached hydrogen (secondary N) is 1. The molecule has 2 amide bonds. The van der Waals surface area contributed by atoms with Crippen LogP contribution in [0.1, 0.15) is 26.2 Å². The number of amides is 2. The van der Waals surface area contributed by atoms with E-state index in [4.69, 9.17) is 9.47 Å². The maximum atomic E-state index is 12.8. The van der Waals surface area contributed by atoms with E-state index < -0.39 is 34.4 Å². The maximum absolute atomic E-state index is 12.8. The van der Waals surface area contributed by atoms with Gasteiger partial charge in [-0.15, -0.1) is 0 Å². The van der Waals surface area contributed by atoms with Gasteiger partial charge in [-0.1, -0.05) is 13.0 Å². The first kappa shape index (κ1) is 24.1. The van der Waals surface area contributed by atoms with E-state index >= 15 is 0 Å². The van der Waals surface area contributed by atoms with Crippen molar-refractivity contribution in [3.63, 3.8) is 0 Å². The molecule has 0 bridgehead atoms. The van der Waals surface area contributed by atoms with Crippen LogP contribution in [0.4, 0.5) is 5.69 Å². The number of hydrogen-bond donors (Lipinski definition) is 1. The normalized spacial score (nSPS) is 19.9. The zero-order valence-electron chi connectivity index (χ0n) is 18.1. The number of likely N-dealkylation sites (tertiary alicyclic amines) is 1. The first-order valence-electron chi connectivity index (χ1n) is 10.7. The fourth-order valence-electron chi connectivity index (χ4n) is 3.74. The third-order valence-electron chi connectivity index (χ3n) is 5.48. The number of sulfonamides is 1. The van der Waals surface area contributed by atoms with Crippen molar-refractivity contribution in [1.82, 2.24) is 9.21 Å². The number of anilines is 1. The van der Waals surface area contributed by atoms with Gasteiger partial charge >= 0.3 is 5.97 Å². The molecule has 3 rings (SSSR count). The number of hydrogen-bond acceptors (Lipinski definition) is 7. The number of carbonyl (C=O) groups excluding carboxylic acids is 3. The Kier molecular flexibility index (Phi) is 8.21. The predicted molar refractivity (Wildman–Crippen MR) is 115 cm³/mol. The van der Waals surface area contributed by atoms with Gasteiger partial charge in [0, 0.05) is 38.3 Å². The minimum absolute atomic E-state index is 0.00726. The van der Waals surface area contributed by atoms with Gasteiger partial charge in [0.1, 0.15) is 0 Å². The topological polar surface area (TPSA) is 122 Å². The Morgan fingerprint density at radius 1 is 1.19 bits per heavy atom. The van der Waals surface area contributed by atoms with E-state index in [9.17, 15) is 22.8 Å². The van der Waals surface area contributed by atoms with Gasteiger partial charge in [-0.2, -0.15) is 4.31 Å². The van der Waals surface area contributed by atoms with Crippen LogP contribution >= 0.6 is 0 Å². The van der Waals surface area contributed by atoms with Gasteiger partial charge in [0.15, 0.2) is 6.61 Å². The molecular weight excluding hydrogens is 438 g/mol. The van der Waals surface area contributed by atoms with Crippen molar-refractivity contribution < 1.29 is 32.3 Å². The summed E-state index contributed by atoms with van der Waals surface area (Å²) in [6, 6.07) is 5.94. The van der Waals surface area contributed by atoms with Crippen LogP contribution in [0.3, 0.4) is 0 Å². The Balaban J connectivity index is 1.53. The van der Waals surface area contributed by atoms with Gasteiger partial charge in [0.2, 0.25) is 15.9 Å². The van der Waals surface area contributed by atoms with E-state index in [1.54, 1.807) is 17.9 Å². The van der Waals surface area contributed by atoms with Crippen molar-refractivity contribution in [2.45, 2.75) is 31.1 Å². The quantitative estimate of drug-likeness (QED) is 0.590. The van der Waals surface area contributed by atoms with Gasteiger partial charge in [-0.3, -0.25) is 14.4 Å². The summed E-state index contributed by atoms with van der Waals surface area (Å²) in [5.74, 6) is -1.55. The Morgan fingerprint density at radius 3 is 2.66 bits per heavy atom. The monoisotopic (exact) mass is 467 g/mol. The summed E-state index contributed by atoms with van der Waals surface area (Å²) in [6.07, 6.45) is 1.70. The summed E-state index contributed by atoms with van der Waals surface area (Å²) in [5.41, 5.74) is 0.290. The molecule has 0 radical (unpaired) electrons. The van der Waals surface area contributed by atoms with Gasteiger partial charge in [0.25, 0.3) is 5.91 Å². The molecule has 10 nitrogen and oxygen atoms in total. The molecule has 0 aliphatic carbocycles. The number of esters is 1. The summed E-state index contributed by atoms with van der Waals surface area (Å²) in [7, 11) is -3.69. The molecule has 11 heteroatoms. The highest BCUT2D eigenvalue weighted by atomic mass is 32.2. The van der Waals surface area contributed by atoms with Crippen molar-refractivity contribution in [1.29, 1.82) is 0 Å². The molecule has 0 aromatic heterocycles. The molecule has 2 aliphatic heterocycles. The molecule has 176 valence electrons. The molecule has 0 saturated carbocycles. The van der Waals surface area contributed by atoms with Crippen molar-refractivity contribution >= 4 is 33.5 Å². The summed E-state index contributed by atoms with van der Waals surface area (Å²) in [5, 5.41) is 2.56. The Morgan fingerprint density at radius 2 is 1.94 bits per heavy atom. The highest BCUT2D eigenvalue weighted by Crippen LogP contribution is 2.21. The van der Waals surface area contributed by atoms with E-state index in [0.29, 0.717) is 45.6 Å². The third kappa shape index (κ3) is 6.05. The summed E-state index contributed by atoms with van der Waals surface area (Å²) in [6.45, 7) is 3.44. The zero-order chi connectivity index (χ0) is 23.1. The van der Waals surface area contributed by atoms with E-state index in [1.807, 2.05) is 0 Å². The average molecular weight is 468 g/mol. The molecule has 2 heterocycles. The second kappa shape index (κ2) is 10.9. The fraction of sp³-hybridized carbons (Fsp3) is 0.571. The lowest BCUT2D eigenvalue weighted by molar-refractivity contribution is -0.154. The molecule has 1 atom stereocenters. The van der Waals surface area contributed by atoms with Gasteiger partial charge < -0.3 is 19.7 Å². The Hall–Kier alpha value is -2.50. The molecule has 32 heavy (non-hydrogen) atoms. The minimum Gasteiger partial charge on any atom is -0.455 e. The van der Waals surface area contributed by atoms with Gasteiger partial charge in [0.05, 0.1) is 24.0 Å². The summed E-state index contributed by atoms with van der Waals surface area (Å²) < 4.78 is 37.2. The van der Waals surface area contributed by atoms with Gasteiger partial charge in [-0.25, -0.2) is 8.42 Å². The molecule has 1 aromatic rings. The zero-order valence-corrected chi connectivity index (χ0v) is 18.9. The van der Waals surface area contributed by atoms with Crippen molar-refractivity contribution in [3.8, 4) is 0 Å². The second-order valence-corrected chi connectivity index (χ2v) is 9.67. The predicted octanol–water partition coefficient (Wildman–Crippen LogP) is 0.838. The second-order valence-electron chi connectivity index (χ2n) is 7.73. The summed E-state index contributed by atoms with van der Waals surface area (Å²) in [4.78, 5) is 38.2. The molecule has 1 aromatic carbocycles. The number of rotatable bonds is 7. The number of carbonyl (C=O) groups is 3. The summed E-state index contributed by atoms with van der Waals surface area (Å²) >= 11 is 0. The van der Waals surface area contributed by atoms with E-state index in [2.05, 4.69) is 5.32 Å². The standard InChI is InChI=1S/C21H29N3O7S/c1-2-20(26)23-8-4-5-16(14-23)21(27)31-15-19(25)22-17-6-3-7-18(13-17)32(28,29)24-9-11-30-12-10-24/h3,6-7,13,16H,2,4-5,8-12,14-15H2,1H3,(H,22,25). The van der Waals surface area contributed by atoms with Crippen LogP contribution in [0.25, 0.3) is 0 Å². The maximum Gasteiger partial charge on any atom is 0.311 e. The molecule has 2 fully saturated rings. The highest BCUT2D eigenvalue weighted by molar-refractivity contribution is 7.89. The number of benzene rings is 1. The minimum atomic E-state index is -3.69. The number of morpholine rings is 1. The van der Waals surface area contributed by atoms with Crippen LogP contribution in [0, 0.1) is 5.92 Å². The number of nitrogens with zero attached hydrogens (tertiary/aromatic N) is 2. The average Bonchev–Trinajstić information content (AvgIpc) is 2.82. The molecule has 2 saturated heterocycles. The van der Waals surface area contributed by atoms with E-state index in [-0.39, 0.29) is 29.6 Å². The fourth-order valence-corrected chi connectivity index (χ4v) is 5.20. The van der Waals surface area contributed by atoms with Gasteiger partial charge in [-0.05, 0) is 31.0 Å². The molecule has 0 spiro atoms. The largest absolute Gasteiger partial charge is 0.455 e. The van der Waals surface area contributed by atoms with Crippen molar-refractivity contribution in [3.05, 3.63) is 24.3 Å². The van der Waals surface area contributed by atoms with E-state index in [1.165, 1.54) is 22.5 Å². The third-order valence-corrected chi connectivity index (χ3v) is 7.38. The lowest BCUT2D eigenvalue weighted by atomic mass is 9.98. The van der Waals surface area contributed by atoms with Crippen LogP contribution in [-0.2, 0) is 33.9 Å². The molecule has 2 aliphatic rings. The SMILES string of the molecule is CCC(=O)N1CCCC(C(=O)OCC(=O)Nc2cccc(S(=O)(=O)N3CCOCC3)c2)C1. The number of ether oxygens (including phenoxy) is 2. The number of piperidine rings is 1. The molecular formula is C21H29N3O7S. The van der Waals surface area contributed by atoms with Crippen LogP contribution in [0.2, 0.25) is 0 Å². The van der Waals surface area contributed by atoms with E-state index in [0.717, 1.165) is 0 Å². The van der Waals surface area contributed by atoms with Crippen LogP contribution in [0.5, 0.6) is 0 Å². The molecule has 1 unspecified atom stereocenters. The lowest BCUT2D eigenvalue weighted by Gasteiger charge is -2.31.